The van der Waals surface area contributed by atoms with Gasteiger partial charge in [-0.25, -0.2) is 0 Å². The van der Waals surface area contributed by atoms with E-state index in [9.17, 15) is 29.7 Å². The lowest BCUT2D eigenvalue weighted by atomic mass is 9.74. The maximum absolute atomic E-state index is 13.9. The molecule has 4 unspecified atom stereocenters. The Kier molecular flexibility index (Phi) is 13.3. The first kappa shape index (κ1) is 38.0. The van der Waals surface area contributed by atoms with Gasteiger partial charge in [0, 0.05) is 42.4 Å². The first-order valence-electron chi connectivity index (χ1n) is 15.2. The van der Waals surface area contributed by atoms with Gasteiger partial charge >= 0.3 is 5.97 Å². The summed E-state index contributed by atoms with van der Waals surface area (Å²) in [5, 5.41) is 37.3. The Labute approximate surface area is 260 Å². The van der Waals surface area contributed by atoms with Crippen LogP contribution in [0.3, 0.4) is 0 Å². The number of likely N-dealkylation sites (N-methyl/N-ethyl adjacent to an activating group) is 1. The topological polar surface area (TPSA) is 201 Å². The number of carbonyl (C=O) groups is 3. The number of Topliss-reactive ketones (excluding diaryl/α,β-unsaturated/α-hetero) is 2. The summed E-state index contributed by atoms with van der Waals surface area (Å²) < 4.78 is 24.0. The van der Waals surface area contributed by atoms with Crippen molar-refractivity contribution in [2.24, 2.45) is 28.8 Å². The van der Waals surface area contributed by atoms with E-state index < -0.39 is 83.1 Å². The van der Waals surface area contributed by atoms with Crippen molar-refractivity contribution >= 4 is 17.5 Å². The number of esters is 1. The molecule has 2 aliphatic rings. The summed E-state index contributed by atoms with van der Waals surface area (Å²) in [5.41, 5.74) is 5.30. The van der Waals surface area contributed by atoms with Gasteiger partial charge in [0.15, 0.2) is 12.1 Å². The Morgan fingerprint density at radius 1 is 1.07 bits per heavy atom. The molecule has 2 rings (SSSR count). The van der Waals surface area contributed by atoms with Crippen molar-refractivity contribution in [3.63, 3.8) is 0 Å². The van der Waals surface area contributed by atoms with Crippen LogP contribution in [-0.4, -0.2) is 120 Å². The minimum Gasteiger partial charge on any atom is -0.459 e. The molecule has 0 aromatic carbocycles. The van der Waals surface area contributed by atoms with Gasteiger partial charge in [-0.1, -0.05) is 25.9 Å². The highest BCUT2D eigenvalue weighted by Crippen LogP contribution is 2.38. The average Bonchev–Trinajstić information content (AvgIpc) is 2.97. The van der Waals surface area contributed by atoms with E-state index in [1.807, 2.05) is 25.9 Å². The van der Waals surface area contributed by atoms with Crippen molar-refractivity contribution < 1.29 is 48.7 Å². The molecule has 44 heavy (non-hydrogen) atoms. The van der Waals surface area contributed by atoms with E-state index in [4.69, 9.17) is 24.5 Å². The molecule has 14 heteroatoms. The molecule has 252 valence electrons. The van der Waals surface area contributed by atoms with Crippen LogP contribution < -0.4 is 0 Å². The van der Waals surface area contributed by atoms with Crippen LogP contribution in [0.4, 0.5) is 0 Å². The van der Waals surface area contributed by atoms with Gasteiger partial charge < -0.3 is 39.2 Å². The average molecular weight is 629 g/mol. The van der Waals surface area contributed by atoms with E-state index in [2.05, 4.69) is 10.0 Å². The van der Waals surface area contributed by atoms with Crippen molar-refractivity contribution in [2.75, 3.05) is 27.7 Å². The fourth-order valence-corrected chi connectivity index (χ4v) is 6.51. The lowest BCUT2D eigenvalue weighted by Gasteiger charge is -2.47. The molecular weight excluding hydrogens is 576 g/mol. The van der Waals surface area contributed by atoms with Gasteiger partial charge in [-0.05, 0) is 66.6 Å². The lowest BCUT2D eigenvalue weighted by Crippen LogP contribution is -2.60. The Balaban J connectivity index is 2.63. The van der Waals surface area contributed by atoms with E-state index in [0.717, 1.165) is 0 Å². The molecule has 2 fully saturated rings. The number of aliphatic hydroxyl groups excluding tert-OH is 2. The lowest BCUT2D eigenvalue weighted by molar-refractivity contribution is -0.295. The number of ether oxygens (including phenoxy) is 4. The molecular formula is C30H52N4O10. The highest BCUT2D eigenvalue weighted by Gasteiger charge is 2.52. The number of ketones is 2. The number of hydrogen-bond donors (Lipinski definition) is 3. The minimum atomic E-state index is -2.13. The zero-order chi connectivity index (χ0) is 33.7. The maximum Gasteiger partial charge on any atom is 0.316 e. The number of rotatable bonds is 7. The first-order chi connectivity index (χ1) is 20.3. The number of azide groups is 1. The number of methoxy groups -OCH3 is 1. The molecule has 2 aliphatic heterocycles. The summed E-state index contributed by atoms with van der Waals surface area (Å²) in [7, 11) is 5.10. The van der Waals surface area contributed by atoms with E-state index in [-0.39, 0.29) is 31.5 Å². The van der Waals surface area contributed by atoms with Gasteiger partial charge in [-0.15, -0.1) is 0 Å². The SMILES string of the molecule is CO[C@]1(C)C[C@@H](C)C(=O)[C@H](C)[C@@H](O)[C@](C)(O)[C@@H](CCN=[N+]=[N-])OC(=O)[C@H](C)C(=O)[C@H](C)[C@H]1OC1OC(C)CC(N(C)C)C1O. The van der Waals surface area contributed by atoms with E-state index in [1.165, 1.54) is 27.9 Å². The van der Waals surface area contributed by atoms with Gasteiger partial charge in [0.2, 0.25) is 0 Å². The Bertz CT molecular complexity index is 1070. The van der Waals surface area contributed by atoms with Crippen LogP contribution in [0.15, 0.2) is 5.11 Å². The maximum atomic E-state index is 13.9. The highest BCUT2D eigenvalue weighted by atomic mass is 16.7. The monoisotopic (exact) mass is 628 g/mol. The third-order valence-electron chi connectivity index (χ3n) is 9.49. The van der Waals surface area contributed by atoms with E-state index >= 15 is 0 Å². The number of carbonyl (C=O) groups excluding carboxylic acids is 3. The number of nitrogens with zero attached hydrogens (tertiary/aromatic N) is 4. The van der Waals surface area contributed by atoms with Crippen LogP contribution in [0.2, 0.25) is 0 Å². The second kappa shape index (κ2) is 15.4. The standard InChI is InChI=1S/C30H52N4O10/c1-15-14-29(6,41-10)26(44-28-24(37)20(34(8)9)13-16(2)42-28)18(4)23(36)19(5)27(39)43-21(11-12-32-33-31)30(7,40)25(38)17(3)22(15)35/h15-21,24-26,28,37-38,40H,11-14H2,1-10H3/t15-,16?,17+,18+,19-,20?,21-,24?,25-,26-,28?,29-,30-/m1/s1. The van der Waals surface area contributed by atoms with Crippen molar-refractivity contribution in [1.29, 1.82) is 0 Å². The number of cyclic esters (lactones) is 1. The summed E-state index contributed by atoms with van der Waals surface area (Å²) >= 11 is 0. The summed E-state index contributed by atoms with van der Waals surface area (Å²) in [6, 6.07) is -0.297. The minimum absolute atomic E-state index is 0.0401. The summed E-state index contributed by atoms with van der Waals surface area (Å²) in [5.74, 6) is -6.14. The fourth-order valence-electron chi connectivity index (χ4n) is 6.51. The highest BCUT2D eigenvalue weighted by molar-refractivity contribution is 6.00. The van der Waals surface area contributed by atoms with E-state index in [1.54, 1.807) is 20.8 Å². The van der Waals surface area contributed by atoms with Gasteiger partial charge in [-0.2, -0.15) is 0 Å². The van der Waals surface area contributed by atoms with E-state index in [0.29, 0.717) is 6.42 Å². The van der Waals surface area contributed by atoms with Gasteiger partial charge in [-0.3, -0.25) is 14.4 Å². The van der Waals surface area contributed by atoms with Crippen LogP contribution in [0.25, 0.3) is 10.4 Å². The van der Waals surface area contributed by atoms with Crippen LogP contribution in [0.1, 0.15) is 67.7 Å². The van der Waals surface area contributed by atoms with Crippen LogP contribution >= 0.6 is 0 Å². The van der Waals surface area contributed by atoms with Crippen LogP contribution in [0, 0.1) is 23.7 Å². The number of aliphatic hydroxyl groups is 3. The zero-order valence-electron chi connectivity index (χ0n) is 27.7. The van der Waals surface area contributed by atoms with Crippen molar-refractivity contribution in [3.8, 4) is 0 Å². The van der Waals surface area contributed by atoms with Crippen LogP contribution in [-0.2, 0) is 33.3 Å². The normalized spacial score (nSPS) is 43.2. The molecule has 3 N–H and O–H groups in total. The first-order valence-corrected chi connectivity index (χ1v) is 15.2. The third-order valence-corrected chi connectivity index (χ3v) is 9.49. The number of hydrogen-bond acceptors (Lipinski definition) is 12. The van der Waals surface area contributed by atoms with Crippen molar-refractivity contribution in [1.82, 2.24) is 4.90 Å². The summed E-state index contributed by atoms with van der Waals surface area (Å²) in [6.45, 7) is 10.7. The largest absolute Gasteiger partial charge is 0.459 e. The van der Waals surface area contributed by atoms with Gasteiger partial charge in [0.25, 0.3) is 0 Å². The summed E-state index contributed by atoms with van der Waals surface area (Å²) in [6.07, 6.45) is -6.24. The Morgan fingerprint density at radius 3 is 2.23 bits per heavy atom. The molecule has 0 amide bonds. The van der Waals surface area contributed by atoms with Crippen molar-refractivity contribution in [2.45, 2.75) is 122 Å². The predicted octanol–water partition coefficient (Wildman–Crippen LogP) is 2.01. The third kappa shape index (κ3) is 8.35. The molecule has 2 saturated heterocycles. The smallest absolute Gasteiger partial charge is 0.316 e. The van der Waals surface area contributed by atoms with Gasteiger partial charge in [0.05, 0.1) is 23.9 Å². The Morgan fingerprint density at radius 2 is 1.68 bits per heavy atom. The molecule has 0 aliphatic carbocycles. The molecule has 0 saturated carbocycles. The predicted molar refractivity (Wildman–Crippen MR) is 159 cm³/mol. The molecule has 2 heterocycles. The molecule has 0 radical (unpaired) electrons. The molecule has 13 atom stereocenters. The molecule has 0 aromatic rings. The molecule has 0 bridgehead atoms. The van der Waals surface area contributed by atoms with Crippen molar-refractivity contribution in [3.05, 3.63) is 10.4 Å². The fraction of sp³-hybridized carbons (Fsp3) is 0.900. The molecule has 0 aromatic heterocycles. The second-order valence-electron chi connectivity index (χ2n) is 13.2. The molecule has 0 spiro atoms. The van der Waals surface area contributed by atoms with Crippen LogP contribution in [0.5, 0.6) is 0 Å². The molecule has 14 nitrogen and oxygen atoms in total. The quantitative estimate of drug-likeness (QED) is 0.122. The zero-order valence-corrected chi connectivity index (χ0v) is 27.7. The summed E-state index contributed by atoms with van der Waals surface area (Å²) in [4.78, 5) is 45.5. The second-order valence-corrected chi connectivity index (χ2v) is 13.2. The van der Waals surface area contributed by atoms with Gasteiger partial charge in [0.1, 0.15) is 29.5 Å². The Hall–Kier alpha value is -2.16.